The van der Waals surface area contributed by atoms with Crippen LogP contribution in [0.25, 0.3) is 83.4 Å². The number of benzene rings is 8. The molecule has 3 aromatic heterocycles. The van der Waals surface area contributed by atoms with E-state index in [2.05, 4.69) is 39.2 Å². The van der Waals surface area contributed by atoms with Crippen LogP contribution in [0.15, 0.2) is 176 Å². The summed E-state index contributed by atoms with van der Waals surface area (Å²) in [6.45, 7) is -9.31. The molecule has 0 aliphatic heterocycles. The normalized spacial score (nSPS) is 21.4. The summed E-state index contributed by atoms with van der Waals surface area (Å²) >= 11 is 0. The first kappa shape index (κ1) is 28.9. The Labute approximate surface area is 507 Å². The molecular weight excluding hydrogens is 1120 g/mol. The first-order chi connectivity index (χ1) is 47.4. The van der Waals surface area contributed by atoms with Gasteiger partial charge in [-0.05, 0) is 144 Å². The van der Waals surface area contributed by atoms with Gasteiger partial charge in [0.05, 0.1) is 27.7 Å². The van der Waals surface area contributed by atoms with Crippen molar-refractivity contribution >= 4 is 32.8 Å². The number of nitrogens with zero attached hydrogens (tertiary/aromatic N) is 4. The van der Waals surface area contributed by atoms with E-state index in [1.54, 1.807) is 81.6 Å². The molecule has 0 spiro atoms. The molecule has 11 aromatic rings. The van der Waals surface area contributed by atoms with Crippen LogP contribution < -0.4 is 9.30 Å². The van der Waals surface area contributed by atoms with Crippen LogP contribution in [0.2, 0.25) is 0 Å². The smallest absolute Gasteiger partial charge is 0.268 e. The maximum Gasteiger partial charge on any atom is 0.268 e. The van der Waals surface area contributed by atoms with Crippen molar-refractivity contribution < 1.29 is 67.4 Å². The van der Waals surface area contributed by atoms with Crippen LogP contribution in [-0.2, 0) is 42.7 Å². The molecule has 5 nitrogen and oxygen atoms in total. The van der Waals surface area contributed by atoms with E-state index in [4.69, 9.17) is 34.4 Å². The Kier molecular flexibility index (Phi) is 7.23. The molecule has 0 atom stereocenters. The molecule has 388 valence electrons. The summed E-state index contributed by atoms with van der Waals surface area (Å²) in [6, 6.07) is 31.4. The summed E-state index contributed by atoms with van der Waals surface area (Å²) in [4.78, 5) is 4.79. The molecule has 0 unspecified atom stereocenters. The third-order valence-corrected chi connectivity index (χ3v) is 13.7. The molecule has 0 saturated carbocycles. The summed E-state index contributed by atoms with van der Waals surface area (Å²) in [5, 5.41) is 1.72. The molecule has 6 heteroatoms. The summed E-state index contributed by atoms with van der Waals surface area (Å²) in [7, 11) is 0. The third kappa shape index (κ3) is 9.35. The van der Waals surface area contributed by atoms with Crippen LogP contribution >= 0.6 is 0 Å². The van der Waals surface area contributed by atoms with Gasteiger partial charge in [0.2, 0.25) is 0 Å². The first-order valence-corrected chi connectivity index (χ1v) is 24.6. The van der Waals surface area contributed by atoms with E-state index < -0.39 is 145 Å². The molecule has 0 fully saturated rings. The average molecular weight is 1210 g/mol. The molecule has 0 radical (unpaired) electrons. The van der Waals surface area contributed by atoms with E-state index in [1.807, 2.05) is 47.0 Å². The number of ether oxygens (including phenoxy) is 1. The van der Waals surface area contributed by atoms with E-state index >= 15 is 0 Å². The SMILES string of the molecule is [2H]c1c([2H])c([2H])c(-c2cc(C(C)(C)C)cc(-c3c([2H])c([2H])c4c(c3[2H])C(C([2H])([2H])[2H])(C([2H])([2H])[2H])C([2H])([2H])C([2H])([2H])C4(C([2H])([2H])[2H])C([2H])([2H])[2H])c2-[n+]2[c-]n(-c3[c-]c(Oc4[c-]c5c(cc4)c4ccccc4n5-c4cc(C(C)(C)C)ccn4)ccc3)c3cc(C([2H])([2H])[2H])c(-c4ccccc4)cc32)c([2H])c1[2H].[Pt]. The Morgan fingerprint density at radius 2 is 1.35 bits per heavy atom. The average Bonchev–Trinajstić information content (AvgIpc) is 0.748. The second-order valence-corrected chi connectivity index (χ2v) is 21.0. The van der Waals surface area contributed by atoms with E-state index in [9.17, 15) is 12.3 Å². The van der Waals surface area contributed by atoms with Crippen molar-refractivity contribution in [2.75, 3.05) is 0 Å². The fourth-order valence-electron chi connectivity index (χ4n) is 9.77. The number of hydrogen-bond donors (Lipinski definition) is 0. The summed E-state index contributed by atoms with van der Waals surface area (Å²) < 4.78 is 262. The summed E-state index contributed by atoms with van der Waals surface area (Å²) in [5.74, 6) is 0.865. The standard InChI is InChI=1S/C71H66N4O.Pt/c1-46-37-64-65(44-57(46)47-21-14-12-15-22-47)74(67-58(48-23-16-13-17-24-48)39-51(69(5,6)7)40-59(67)49-29-32-60-61(38-49)71(10,11)35-34-70(60,8)9)45-73(64)52-25-20-26-53(42-52)76-54-30-31-56-55-27-18-19-28-62(55)75(63(56)43-54)66-41-50(33-36-72-66)68(2,3)4;/h12-33,36-41,44H,34-35H2,1-11H3;/q-2;/i1D3,8D3,9D3,10D3,11D3,13D,16D,17D,23D,24D,29D,32D,34D2,35D2,38D;. The Bertz CT molecular complexity index is 5260. The van der Waals surface area contributed by atoms with E-state index in [0.29, 0.717) is 16.9 Å². The quantitative estimate of drug-likeness (QED) is 0.112. The van der Waals surface area contributed by atoms with Crippen molar-refractivity contribution in [3.05, 3.63) is 222 Å². The fraction of sp³-hybridized carbons (Fsp3) is 0.239. The van der Waals surface area contributed by atoms with Crippen LogP contribution in [0, 0.1) is 25.3 Å². The van der Waals surface area contributed by atoms with Gasteiger partial charge in [-0.15, -0.1) is 29.7 Å². The van der Waals surface area contributed by atoms with Crippen molar-refractivity contribution in [1.29, 1.82) is 0 Å². The van der Waals surface area contributed by atoms with Gasteiger partial charge in [0.15, 0.2) is 0 Å². The van der Waals surface area contributed by atoms with Gasteiger partial charge in [0.1, 0.15) is 5.82 Å². The Balaban J connectivity index is 0.0000108. The van der Waals surface area contributed by atoms with Crippen LogP contribution in [0.5, 0.6) is 11.5 Å². The summed E-state index contributed by atoms with van der Waals surface area (Å²) in [5.41, 5.74) is -14.4. The van der Waals surface area contributed by atoms with Gasteiger partial charge < -0.3 is 13.9 Å². The monoisotopic (exact) mass is 1210 g/mol. The van der Waals surface area contributed by atoms with Gasteiger partial charge in [-0.1, -0.05) is 183 Å². The third-order valence-electron chi connectivity index (χ3n) is 13.7. The number of imidazole rings is 1. The minimum absolute atomic E-state index is 0. The van der Waals surface area contributed by atoms with Gasteiger partial charge in [-0.2, -0.15) is 18.2 Å². The minimum Gasteiger partial charge on any atom is -0.510 e. The fourth-order valence-corrected chi connectivity index (χ4v) is 9.77. The molecular formula is C71H66N4OPt-2. The van der Waals surface area contributed by atoms with Gasteiger partial charge >= 0.3 is 0 Å². The largest absolute Gasteiger partial charge is 0.510 e. The second-order valence-electron chi connectivity index (χ2n) is 21.0. The molecule has 0 bridgehead atoms. The van der Waals surface area contributed by atoms with E-state index in [-0.39, 0.29) is 77.0 Å². The molecule has 0 amide bonds. The number of pyridine rings is 1. The molecule has 3 heterocycles. The Morgan fingerprint density at radius 3 is 2.09 bits per heavy atom. The van der Waals surface area contributed by atoms with Crippen LogP contribution in [-0.4, -0.2) is 14.1 Å². The van der Waals surface area contributed by atoms with Crippen LogP contribution in [0.4, 0.5) is 0 Å². The Hall–Kier alpha value is -7.33. The number of para-hydroxylation sites is 1. The maximum absolute atomic E-state index is 10.5. The zero-order valence-corrected chi connectivity index (χ0v) is 44.9. The van der Waals surface area contributed by atoms with Gasteiger partial charge in [0, 0.05) is 70.3 Å². The van der Waals surface area contributed by atoms with Crippen molar-refractivity contribution in [2.24, 2.45) is 0 Å². The number of rotatable bonds is 8. The van der Waals surface area contributed by atoms with E-state index in [1.165, 1.54) is 33.4 Å². The zero-order chi connectivity index (χ0) is 75.9. The van der Waals surface area contributed by atoms with Crippen molar-refractivity contribution in [3.8, 4) is 62.1 Å². The van der Waals surface area contributed by atoms with Crippen molar-refractivity contribution in [2.45, 2.75) is 110 Å². The maximum atomic E-state index is 10.5. The predicted molar refractivity (Wildman–Crippen MR) is 314 cm³/mol. The summed E-state index contributed by atoms with van der Waals surface area (Å²) in [6.07, 6.45) is -4.37. The molecule has 0 saturated heterocycles. The van der Waals surface area contributed by atoms with Gasteiger partial charge in [-0.25, -0.2) is 4.98 Å². The van der Waals surface area contributed by atoms with Crippen molar-refractivity contribution in [3.63, 3.8) is 0 Å². The number of aromatic nitrogens is 4. The molecule has 0 N–H and O–H groups in total. The first-order valence-electron chi connectivity index (χ1n) is 38.1. The van der Waals surface area contributed by atoms with Crippen LogP contribution in [0.3, 0.4) is 0 Å². The molecule has 12 rings (SSSR count). The predicted octanol–water partition coefficient (Wildman–Crippen LogP) is 17.8. The molecule has 8 aromatic carbocycles. The number of hydrogen-bond acceptors (Lipinski definition) is 2. The zero-order valence-electron chi connectivity index (χ0n) is 69.6. The van der Waals surface area contributed by atoms with E-state index in [0.717, 1.165) is 21.9 Å². The van der Waals surface area contributed by atoms with Crippen LogP contribution in [0.1, 0.15) is 147 Å². The second kappa shape index (κ2) is 19.3. The molecule has 1 aliphatic rings. The number of aryl methyl sites for hydroxylation is 1. The minimum atomic E-state index is -4.70. The molecule has 77 heavy (non-hydrogen) atoms. The van der Waals surface area contributed by atoms with Crippen molar-refractivity contribution in [1.82, 2.24) is 14.1 Å². The van der Waals surface area contributed by atoms with Gasteiger partial charge in [0.25, 0.3) is 6.33 Å². The number of fused-ring (bicyclic) bond motifs is 5. The topological polar surface area (TPSA) is 35.9 Å². The van der Waals surface area contributed by atoms with Gasteiger partial charge in [-0.3, -0.25) is 4.57 Å². The molecule has 1 aliphatic carbocycles. The Morgan fingerprint density at radius 1 is 0.636 bits per heavy atom.